The number of ether oxygens (including phenoxy) is 1. The Hall–Kier alpha value is -3.14. The first-order valence-corrected chi connectivity index (χ1v) is 11.0. The first-order valence-electron chi connectivity index (χ1n) is 8.79. The predicted molar refractivity (Wildman–Crippen MR) is 119 cm³/mol. The van der Waals surface area contributed by atoms with E-state index in [1.807, 2.05) is 0 Å². The summed E-state index contributed by atoms with van der Waals surface area (Å²) in [6.45, 7) is 0. The van der Waals surface area contributed by atoms with Crippen molar-refractivity contribution in [2.24, 2.45) is 0 Å². The number of anilines is 1. The molecule has 11 heteroatoms. The number of halogens is 2. The molecule has 3 aromatic heterocycles. The largest absolute Gasteiger partial charge is 0.480 e. The zero-order valence-corrected chi connectivity index (χ0v) is 18.2. The van der Waals surface area contributed by atoms with Crippen molar-refractivity contribution >= 4 is 44.6 Å². The molecule has 0 spiro atoms. The number of aromatic nitrogens is 3. The van der Waals surface area contributed by atoms with E-state index in [9.17, 15) is 13.2 Å². The molecule has 0 bridgehead atoms. The van der Waals surface area contributed by atoms with Crippen LogP contribution in [0, 0.1) is 0 Å². The molecule has 0 radical (unpaired) electrons. The van der Waals surface area contributed by atoms with Crippen LogP contribution in [-0.2, 0) is 10.0 Å². The fourth-order valence-electron chi connectivity index (χ4n) is 2.93. The highest BCUT2D eigenvalue weighted by Crippen LogP contribution is 2.31. The highest BCUT2D eigenvalue weighted by atomic mass is 35.5. The lowest BCUT2D eigenvalue weighted by Gasteiger charge is -2.13. The van der Waals surface area contributed by atoms with E-state index in [4.69, 9.17) is 27.9 Å². The molecule has 0 fully saturated rings. The number of benzene rings is 1. The van der Waals surface area contributed by atoms with Crippen molar-refractivity contribution in [3.05, 3.63) is 81.5 Å². The van der Waals surface area contributed by atoms with Gasteiger partial charge in [-0.3, -0.25) is 13.9 Å². The molecule has 0 aliphatic heterocycles. The van der Waals surface area contributed by atoms with Crippen molar-refractivity contribution in [3.8, 4) is 17.0 Å². The Bertz CT molecular complexity index is 1470. The zero-order valence-electron chi connectivity index (χ0n) is 15.9. The van der Waals surface area contributed by atoms with Crippen LogP contribution in [0.2, 0.25) is 10.0 Å². The van der Waals surface area contributed by atoms with Crippen molar-refractivity contribution in [1.82, 2.24) is 14.4 Å². The van der Waals surface area contributed by atoms with Crippen molar-refractivity contribution in [3.63, 3.8) is 0 Å². The Morgan fingerprint density at radius 1 is 1.00 bits per heavy atom. The van der Waals surface area contributed by atoms with Gasteiger partial charge in [-0.05, 0) is 30.3 Å². The van der Waals surface area contributed by atoms with Crippen LogP contribution in [0.4, 0.5) is 5.69 Å². The number of nitrogens with one attached hydrogen (secondary N) is 1. The zero-order chi connectivity index (χ0) is 22.2. The summed E-state index contributed by atoms with van der Waals surface area (Å²) in [4.78, 5) is 20.5. The predicted octanol–water partition coefficient (Wildman–Crippen LogP) is 3.87. The topological polar surface area (TPSA) is 103 Å². The smallest absolute Gasteiger partial charge is 0.276 e. The molecular weight excluding hydrogens is 463 g/mol. The van der Waals surface area contributed by atoms with E-state index < -0.39 is 15.6 Å². The summed E-state index contributed by atoms with van der Waals surface area (Å²) in [5, 5.41) is 0.0621. The van der Waals surface area contributed by atoms with Crippen molar-refractivity contribution in [1.29, 1.82) is 0 Å². The van der Waals surface area contributed by atoms with Gasteiger partial charge in [-0.15, -0.1) is 0 Å². The standard InChI is InChI=1S/C20H14Cl2N4O4S/c1-30-19-16(25-31(28,29)17-5-3-2-4-14(17)21)8-13(9-24-19)12-6-7-18-23-10-15(22)20(27)26(18)11-12/h2-11,25H,1H3. The molecular formula is C20H14Cl2N4O4S. The van der Waals surface area contributed by atoms with Crippen LogP contribution in [-0.4, -0.2) is 29.9 Å². The average Bonchev–Trinajstić information content (AvgIpc) is 2.76. The molecule has 4 rings (SSSR count). The van der Waals surface area contributed by atoms with Gasteiger partial charge in [-0.2, -0.15) is 0 Å². The second kappa shape index (κ2) is 8.18. The van der Waals surface area contributed by atoms with E-state index in [1.54, 1.807) is 36.5 Å². The van der Waals surface area contributed by atoms with Gasteiger partial charge in [0.15, 0.2) is 0 Å². The number of hydrogen-bond donors (Lipinski definition) is 1. The Morgan fingerprint density at radius 2 is 1.77 bits per heavy atom. The van der Waals surface area contributed by atoms with E-state index in [-0.39, 0.29) is 26.5 Å². The monoisotopic (exact) mass is 476 g/mol. The second-order valence-electron chi connectivity index (χ2n) is 6.37. The van der Waals surface area contributed by atoms with Crippen molar-refractivity contribution in [2.45, 2.75) is 4.90 Å². The molecule has 8 nitrogen and oxygen atoms in total. The fourth-order valence-corrected chi connectivity index (χ4v) is 4.64. The Kier molecular flexibility index (Phi) is 5.57. The van der Waals surface area contributed by atoms with Crippen molar-refractivity contribution in [2.75, 3.05) is 11.8 Å². The minimum absolute atomic E-state index is 0.0179. The lowest BCUT2D eigenvalue weighted by atomic mass is 10.1. The van der Waals surface area contributed by atoms with Gasteiger partial charge in [-0.1, -0.05) is 35.3 Å². The number of hydrogen-bond acceptors (Lipinski definition) is 6. The second-order valence-corrected chi connectivity index (χ2v) is 8.84. The molecule has 158 valence electrons. The fraction of sp³-hybridized carbons (Fsp3) is 0.0500. The maximum Gasteiger partial charge on any atom is 0.276 e. The SMILES string of the molecule is COc1ncc(-c2ccc3ncc(Cl)c(=O)n3c2)cc1NS(=O)(=O)c1ccccc1Cl. The normalized spacial score (nSPS) is 11.5. The van der Waals surface area contributed by atoms with Gasteiger partial charge in [0.25, 0.3) is 15.6 Å². The van der Waals surface area contributed by atoms with Crippen LogP contribution in [0.1, 0.15) is 0 Å². The van der Waals surface area contributed by atoms with Crippen LogP contribution in [0.15, 0.2) is 70.7 Å². The van der Waals surface area contributed by atoms with Crippen LogP contribution in [0.3, 0.4) is 0 Å². The number of pyridine rings is 2. The molecule has 3 heterocycles. The Balaban J connectivity index is 1.80. The summed E-state index contributed by atoms with van der Waals surface area (Å²) in [5.74, 6) is 0.0713. The van der Waals surface area contributed by atoms with E-state index in [1.165, 1.54) is 36.0 Å². The van der Waals surface area contributed by atoms with Crippen LogP contribution in [0.25, 0.3) is 16.8 Å². The lowest BCUT2D eigenvalue weighted by molar-refractivity contribution is 0.400. The first kappa shape index (κ1) is 21.1. The summed E-state index contributed by atoms with van der Waals surface area (Å²) in [6.07, 6.45) is 4.33. The van der Waals surface area contributed by atoms with Gasteiger partial charge in [0.1, 0.15) is 21.3 Å². The third-order valence-electron chi connectivity index (χ3n) is 4.41. The summed E-state index contributed by atoms with van der Waals surface area (Å²) in [7, 11) is -2.63. The summed E-state index contributed by atoms with van der Waals surface area (Å²) in [6, 6.07) is 11.0. The number of fused-ring (bicyclic) bond motifs is 1. The lowest BCUT2D eigenvalue weighted by Crippen LogP contribution is -2.15. The van der Waals surface area contributed by atoms with E-state index in [0.717, 1.165) is 0 Å². The molecule has 0 unspecified atom stereocenters. The number of methoxy groups -OCH3 is 1. The molecule has 0 saturated carbocycles. The maximum atomic E-state index is 12.8. The summed E-state index contributed by atoms with van der Waals surface area (Å²) < 4.78 is 34.7. The number of sulfonamides is 1. The third kappa shape index (κ3) is 4.07. The third-order valence-corrected chi connectivity index (χ3v) is 6.53. The van der Waals surface area contributed by atoms with Crippen molar-refractivity contribution < 1.29 is 13.2 Å². The van der Waals surface area contributed by atoms with Gasteiger partial charge in [0.05, 0.1) is 18.3 Å². The molecule has 1 N–H and O–H groups in total. The molecule has 0 atom stereocenters. The Morgan fingerprint density at radius 3 is 2.52 bits per heavy atom. The highest BCUT2D eigenvalue weighted by Gasteiger charge is 2.20. The minimum atomic E-state index is -4.01. The molecule has 4 aromatic rings. The average molecular weight is 477 g/mol. The van der Waals surface area contributed by atoms with Crippen LogP contribution in [0.5, 0.6) is 5.88 Å². The van der Waals surface area contributed by atoms with Gasteiger partial charge < -0.3 is 4.74 Å². The minimum Gasteiger partial charge on any atom is -0.480 e. The molecule has 0 aliphatic carbocycles. The van der Waals surface area contributed by atoms with Gasteiger partial charge in [-0.25, -0.2) is 18.4 Å². The molecule has 0 aliphatic rings. The highest BCUT2D eigenvalue weighted by molar-refractivity contribution is 7.92. The molecule has 31 heavy (non-hydrogen) atoms. The van der Waals surface area contributed by atoms with Gasteiger partial charge >= 0.3 is 0 Å². The van der Waals surface area contributed by atoms with Crippen LogP contribution < -0.4 is 15.0 Å². The van der Waals surface area contributed by atoms with Gasteiger partial charge in [0.2, 0.25) is 5.88 Å². The first-order chi connectivity index (χ1) is 14.8. The molecule has 1 aromatic carbocycles. The summed E-state index contributed by atoms with van der Waals surface area (Å²) >= 11 is 11.9. The number of rotatable bonds is 5. The Labute approximate surface area is 187 Å². The van der Waals surface area contributed by atoms with Crippen LogP contribution >= 0.6 is 23.2 Å². The van der Waals surface area contributed by atoms with Gasteiger partial charge in [0, 0.05) is 23.5 Å². The van der Waals surface area contributed by atoms with E-state index in [0.29, 0.717) is 16.8 Å². The maximum absolute atomic E-state index is 12.8. The molecule has 0 saturated heterocycles. The van der Waals surface area contributed by atoms with E-state index in [2.05, 4.69) is 14.7 Å². The quantitative estimate of drug-likeness (QED) is 0.468. The van der Waals surface area contributed by atoms with E-state index >= 15 is 0 Å². The molecule has 0 amide bonds. The number of nitrogens with zero attached hydrogens (tertiary/aromatic N) is 3. The summed E-state index contributed by atoms with van der Waals surface area (Å²) in [5.41, 5.74) is 1.23.